The van der Waals surface area contributed by atoms with Gasteiger partial charge < -0.3 is 10.1 Å². The summed E-state index contributed by atoms with van der Waals surface area (Å²) in [6.07, 6.45) is 6.16. The maximum atomic E-state index is 10.4. The number of hydrogen-bond acceptors (Lipinski definition) is 2. The van der Waals surface area contributed by atoms with Gasteiger partial charge >= 0.3 is 0 Å². The highest BCUT2D eigenvalue weighted by Crippen LogP contribution is 2.53. The van der Waals surface area contributed by atoms with E-state index in [1.165, 1.54) is 19.3 Å². The lowest BCUT2D eigenvalue weighted by molar-refractivity contribution is -0.110. The molecule has 1 N–H and O–H groups in total. The van der Waals surface area contributed by atoms with Crippen molar-refractivity contribution in [3.8, 4) is 0 Å². The quantitative estimate of drug-likeness (QED) is 0.542. The fourth-order valence-electron chi connectivity index (χ4n) is 1.89. The second-order valence-corrected chi connectivity index (χ2v) is 3.65. The van der Waals surface area contributed by atoms with E-state index >= 15 is 0 Å². The third-order valence-electron chi connectivity index (χ3n) is 2.84. The molecule has 56 valence electrons. The summed E-state index contributed by atoms with van der Waals surface area (Å²) in [5, 5.41) is 3.20. The van der Waals surface area contributed by atoms with Gasteiger partial charge in [0.15, 0.2) is 0 Å². The molecule has 1 saturated heterocycles. The Bertz CT molecular complexity index is 151. The first-order chi connectivity index (χ1) is 4.85. The lowest BCUT2D eigenvalue weighted by atomic mass is 9.90. The molecule has 2 nitrogen and oxygen atoms in total. The zero-order valence-corrected chi connectivity index (χ0v) is 6.10. The summed E-state index contributed by atoms with van der Waals surface area (Å²) in [4.78, 5) is 10.4. The van der Waals surface area contributed by atoms with Gasteiger partial charge in [-0.15, -0.1) is 0 Å². The van der Waals surface area contributed by atoms with Crippen molar-refractivity contribution < 1.29 is 4.79 Å². The number of hydrogen-bond donors (Lipinski definition) is 1. The van der Waals surface area contributed by atoms with Crippen LogP contribution in [0.15, 0.2) is 0 Å². The molecule has 1 atom stereocenters. The number of nitrogens with one attached hydrogen (secondary N) is 1. The number of carbonyl (C=O) groups excluding carboxylic acids is 1. The van der Waals surface area contributed by atoms with Gasteiger partial charge in [0, 0.05) is 0 Å². The van der Waals surface area contributed by atoms with Gasteiger partial charge in [-0.25, -0.2) is 0 Å². The molecule has 0 aromatic heterocycles. The minimum absolute atomic E-state index is 0.163. The van der Waals surface area contributed by atoms with Crippen LogP contribution < -0.4 is 5.32 Å². The first kappa shape index (κ1) is 6.35. The second kappa shape index (κ2) is 2.06. The number of rotatable bonds is 1. The third-order valence-corrected chi connectivity index (χ3v) is 2.84. The molecule has 10 heavy (non-hydrogen) atoms. The maximum Gasteiger partial charge on any atom is 0.136 e. The molecule has 2 rings (SSSR count). The van der Waals surface area contributed by atoms with E-state index in [4.69, 9.17) is 0 Å². The van der Waals surface area contributed by atoms with E-state index < -0.39 is 0 Å². The molecule has 0 bridgehead atoms. The second-order valence-electron chi connectivity index (χ2n) is 3.65. The van der Waals surface area contributed by atoms with E-state index in [9.17, 15) is 4.79 Å². The van der Waals surface area contributed by atoms with Crippen molar-refractivity contribution in [2.24, 2.45) is 5.41 Å². The van der Waals surface area contributed by atoms with Crippen LogP contribution in [0, 0.1) is 5.41 Å². The monoisotopic (exact) mass is 139 g/mol. The molecule has 0 aromatic rings. The number of piperidine rings is 1. The van der Waals surface area contributed by atoms with Crippen molar-refractivity contribution >= 4 is 6.29 Å². The Balaban J connectivity index is 1.97. The molecule has 1 saturated carbocycles. The predicted molar refractivity (Wildman–Crippen MR) is 38.8 cm³/mol. The number of aldehydes is 1. The van der Waals surface area contributed by atoms with Gasteiger partial charge in [0.2, 0.25) is 0 Å². The average molecular weight is 139 g/mol. The van der Waals surface area contributed by atoms with Crippen LogP contribution in [0.3, 0.4) is 0 Å². The molecule has 2 aliphatic rings. The Morgan fingerprint density at radius 3 is 2.80 bits per heavy atom. The van der Waals surface area contributed by atoms with E-state index in [-0.39, 0.29) is 6.04 Å². The summed E-state index contributed by atoms with van der Waals surface area (Å²) in [6.45, 7) is 1.05. The minimum Gasteiger partial charge on any atom is -0.308 e. The summed E-state index contributed by atoms with van der Waals surface area (Å²) in [6, 6.07) is 0.163. The Labute approximate surface area is 61.0 Å². The van der Waals surface area contributed by atoms with Crippen molar-refractivity contribution in [2.45, 2.75) is 31.7 Å². The van der Waals surface area contributed by atoms with E-state index in [1.54, 1.807) is 0 Å². The lowest BCUT2D eigenvalue weighted by Gasteiger charge is -2.26. The largest absolute Gasteiger partial charge is 0.308 e. The fraction of sp³-hybridized carbons (Fsp3) is 0.875. The molecule has 1 spiro atoms. The summed E-state index contributed by atoms with van der Waals surface area (Å²) in [7, 11) is 0. The molecule has 2 fully saturated rings. The number of carbonyl (C=O) groups is 1. The van der Waals surface area contributed by atoms with Crippen LogP contribution in [0.25, 0.3) is 0 Å². The third kappa shape index (κ3) is 0.966. The van der Waals surface area contributed by atoms with Crippen LogP contribution in [-0.2, 0) is 4.79 Å². The molecule has 1 aliphatic carbocycles. The van der Waals surface area contributed by atoms with Gasteiger partial charge in [-0.3, -0.25) is 0 Å². The van der Waals surface area contributed by atoms with Crippen molar-refractivity contribution in [3.05, 3.63) is 0 Å². The van der Waals surface area contributed by atoms with Gasteiger partial charge in [0.05, 0.1) is 6.04 Å². The zero-order valence-electron chi connectivity index (χ0n) is 6.10. The highest BCUT2D eigenvalue weighted by Gasteiger charge is 2.45. The van der Waals surface area contributed by atoms with Crippen LogP contribution in [0.5, 0.6) is 0 Å². The summed E-state index contributed by atoms with van der Waals surface area (Å²) in [5.74, 6) is 0. The van der Waals surface area contributed by atoms with E-state index in [1.807, 2.05) is 0 Å². The molecular weight excluding hydrogens is 126 g/mol. The molecule has 2 heteroatoms. The van der Waals surface area contributed by atoms with Gasteiger partial charge in [-0.2, -0.15) is 0 Å². The predicted octanol–water partition coefficient (Wildman–Crippen LogP) is 0.718. The van der Waals surface area contributed by atoms with Crippen LogP contribution in [0.4, 0.5) is 0 Å². The Kier molecular flexibility index (Phi) is 1.31. The molecule has 0 aromatic carbocycles. The van der Waals surface area contributed by atoms with Crippen LogP contribution >= 0.6 is 0 Å². The van der Waals surface area contributed by atoms with Crippen molar-refractivity contribution in [2.75, 3.05) is 6.54 Å². The Morgan fingerprint density at radius 2 is 2.20 bits per heavy atom. The van der Waals surface area contributed by atoms with Gasteiger partial charge in [0.25, 0.3) is 0 Å². The zero-order chi connectivity index (χ0) is 7.03. The summed E-state index contributed by atoms with van der Waals surface area (Å²) < 4.78 is 0. The van der Waals surface area contributed by atoms with Crippen molar-refractivity contribution in [1.82, 2.24) is 5.32 Å². The van der Waals surface area contributed by atoms with Gasteiger partial charge in [-0.05, 0) is 37.6 Å². The molecule has 1 unspecified atom stereocenters. The van der Waals surface area contributed by atoms with Gasteiger partial charge in [0.1, 0.15) is 6.29 Å². The average Bonchev–Trinajstić information content (AvgIpc) is 2.70. The molecule has 1 heterocycles. The fourth-order valence-corrected chi connectivity index (χ4v) is 1.89. The minimum atomic E-state index is 0.163. The maximum absolute atomic E-state index is 10.4. The van der Waals surface area contributed by atoms with E-state index in [0.717, 1.165) is 19.3 Å². The first-order valence-corrected chi connectivity index (χ1v) is 4.03. The smallest absolute Gasteiger partial charge is 0.136 e. The summed E-state index contributed by atoms with van der Waals surface area (Å²) in [5.41, 5.74) is 0.608. The Hall–Kier alpha value is -0.370. The van der Waals surface area contributed by atoms with E-state index in [0.29, 0.717) is 5.41 Å². The molecule has 0 radical (unpaired) electrons. The molecule has 1 aliphatic heterocycles. The normalized spacial score (nSPS) is 35.8. The SMILES string of the molecule is O=CC1CC2(CCN1)CC2. The molecular formula is C8H13NO. The molecule has 0 amide bonds. The van der Waals surface area contributed by atoms with Crippen LogP contribution in [0.1, 0.15) is 25.7 Å². The standard InChI is InChI=1S/C8H13NO/c10-6-7-5-8(1-2-8)3-4-9-7/h6-7,9H,1-5H2. The highest BCUT2D eigenvalue weighted by atomic mass is 16.1. The van der Waals surface area contributed by atoms with Crippen molar-refractivity contribution in [3.63, 3.8) is 0 Å². The Morgan fingerprint density at radius 1 is 1.40 bits per heavy atom. The first-order valence-electron chi connectivity index (χ1n) is 4.03. The van der Waals surface area contributed by atoms with Crippen molar-refractivity contribution in [1.29, 1.82) is 0 Å². The van der Waals surface area contributed by atoms with Crippen LogP contribution in [-0.4, -0.2) is 18.9 Å². The topological polar surface area (TPSA) is 29.1 Å². The highest BCUT2D eigenvalue weighted by molar-refractivity contribution is 5.58. The van der Waals surface area contributed by atoms with Gasteiger partial charge in [-0.1, -0.05) is 0 Å². The summed E-state index contributed by atoms with van der Waals surface area (Å²) >= 11 is 0. The van der Waals surface area contributed by atoms with E-state index in [2.05, 4.69) is 5.32 Å². The van der Waals surface area contributed by atoms with Crippen LogP contribution in [0.2, 0.25) is 0 Å². The lowest BCUT2D eigenvalue weighted by Crippen LogP contribution is -2.39.